The predicted molar refractivity (Wildman–Crippen MR) is 76.7 cm³/mol. The number of nitrogens with one attached hydrogen (secondary N) is 1. The molecule has 0 spiro atoms. The second-order valence-electron chi connectivity index (χ2n) is 3.94. The highest BCUT2D eigenvalue weighted by atomic mass is 79.9. The highest BCUT2D eigenvalue weighted by Gasteiger charge is 2.11. The summed E-state index contributed by atoms with van der Waals surface area (Å²) in [5, 5.41) is 3.25. The molecule has 98 valence electrons. The zero-order valence-corrected chi connectivity index (χ0v) is 12.1. The van der Waals surface area contributed by atoms with Gasteiger partial charge in [-0.1, -0.05) is 39.7 Å². The lowest BCUT2D eigenvalue weighted by atomic mass is 10.2. The molecule has 0 radical (unpaired) electrons. The van der Waals surface area contributed by atoms with Crippen LogP contribution in [-0.4, -0.2) is 5.91 Å². The molecular formula is C14H10BrClFNO. The third-order valence-electron chi connectivity index (χ3n) is 2.52. The van der Waals surface area contributed by atoms with Crippen LogP contribution in [0, 0.1) is 5.82 Å². The van der Waals surface area contributed by atoms with Crippen molar-refractivity contribution >= 4 is 33.4 Å². The normalized spacial score (nSPS) is 10.3. The Hall–Kier alpha value is -1.39. The van der Waals surface area contributed by atoms with Gasteiger partial charge in [0.2, 0.25) is 0 Å². The van der Waals surface area contributed by atoms with Gasteiger partial charge in [-0.15, -0.1) is 0 Å². The van der Waals surface area contributed by atoms with E-state index in [1.54, 1.807) is 24.3 Å². The molecule has 0 aromatic heterocycles. The Morgan fingerprint density at radius 2 is 2.05 bits per heavy atom. The molecule has 5 heteroatoms. The fraction of sp³-hybridized carbons (Fsp3) is 0.0714. The average Bonchev–Trinajstić information content (AvgIpc) is 2.39. The highest BCUT2D eigenvalue weighted by Crippen LogP contribution is 2.16. The first kappa shape index (κ1) is 14.0. The maximum absolute atomic E-state index is 13.5. The molecule has 0 saturated heterocycles. The monoisotopic (exact) mass is 341 g/mol. The van der Waals surface area contributed by atoms with E-state index in [-0.39, 0.29) is 5.56 Å². The standard InChI is InChI=1S/C14H10BrClFNO/c15-10-4-5-13(17)12(7-10)14(19)18-8-9-2-1-3-11(16)6-9/h1-7H,8H2,(H,18,19). The molecule has 0 fully saturated rings. The van der Waals surface area contributed by atoms with E-state index in [0.717, 1.165) is 5.56 Å². The Balaban J connectivity index is 2.07. The fourth-order valence-electron chi connectivity index (χ4n) is 1.60. The molecular weight excluding hydrogens is 333 g/mol. The average molecular weight is 343 g/mol. The molecule has 1 N–H and O–H groups in total. The molecule has 0 saturated carbocycles. The highest BCUT2D eigenvalue weighted by molar-refractivity contribution is 9.10. The molecule has 0 heterocycles. The summed E-state index contributed by atoms with van der Waals surface area (Å²) in [4.78, 5) is 11.9. The molecule has 0 unspecified atom stereocenters. The summed E-state index contributed by atoms with van der Waals surface area (Å²) < 4.78 is 14.2. The minimum Gasteiger partial charge on any atom is -0.348 e. The van der Waals surface area contributed by atoms with Gasteiger partial charge >= 0.3 is 0 Å². The smallest absolute Gasteiger partial charge is 0.254 e. The number of carbonyl (C=O) groups excluding carboxylic acids is 1. The van der Waals surface area contributed by atoms with E-state index < -0.39 is 11.7 Å². The third kappa shape index (κ3) is 3.78. The van der Waals surface area contributed by atoms with Crippen molar-refractivity contribution in [3.05, 3.63) is 68.9 Å². The Kier molecular flexibility index (Phi) is 4.56. The SMILES string of the molecule is O=C(NCc1cccc(Cl)c1)c1cc(Br)ccc1F. The summed E-state index contributed by atoms with van der Waals surface area (Å²) in [6, 6.07) is 11.4. The van der Waals surface area contributed by atoms with Crippen molar-refractivity contribution in [3.8, 4) is 0 Å². The van der Waals surface area contributed by atoms with Crippen LogP contribution < -0.4 is 5.32 Å². The minimum atomic E-state index is -0.549. The van der Waals surface area contributed by atoms with Gasteiger partial charge in [-0.3, -0.25) is 4.79 Å². The first-order chi connectivity index (χ1) is 9.06. The second kappa shape index (κ2) is 6.17. The van der Waals surface area contributed by atoms with Gasteiger partial charge < -0.3 is 5.32 Å². The summed E-state index contributed by atoms with van der Waals surface area (Å²) in [5.41, 5.74) is 0.868. The Bertz CT molecular complexity index is 618. The molecule has 0 aliphatic carbocycles. The number of hydrogen-bond donors (Lipinski definition) is 1. The zero-order valence-electron chi connectivity index (χ0n) is 9.79. The summed E-state index contributed by atoms with van der Waals surface area (Å²) in [6.45, 7) is 0.297. The lowest BCUT2D eigenvalue weighted by Crippen LogP contribution is -2.23. The summed E-state index contributed by atoms with van der Waals surface area (Å²) >= 11 is 9.05. The van der Waals surface area contributed by atoms with E-state index >= 15 is 0 Å². The van der Waals surface area contributed by atoms with E-state index in [1.807, 2.05) is 6.07 Å². The van der Waals surface area contributed by atoms with Gasteiger partial charge in [0.25, 0.3) is 5.91 Å². The number of rotatable bonds is 3. The van der Waals surface area contributed by atoms with Crippen LogP contribution in [0.4, 0.5) is 4.39 Å². The maximum atomic E-state index is 13.5. The van der Waals surface area contributed by atoms with Crippen molar-refractivity contribution in [1.82, 2.24) is 5.32 Å². The van der Waals surface area contributed by atoms with Gasteiger partial charge in [-0.05, 0) is 35.9 Å². The number of amides is 1. The summed E-state index contributed by atoms with van der Waals surface area (Å²) in [7, 11) is 0. The van der Waals surface area contributed by atoms with Crippen LogP contribution in [0.15, 0.2) is 46.9 Å². The van der Waals surface area contributed by atoms with Crippen LogP contribution in [0.5, 0.6) is 0 Å². The Morgan fingerprint density at radius 1 is 1.26 bits per heavy atom. The van der Waals surface area contributed by atoms with Crippen LogP contribution in [0.1, 0.15) is 15.9 Å². The summed E-state index contributed by atoms with van der Waals surface area (Å²) in [5.74, 6) is -1.01. The fourth-order valence-corrected chi connectivity index (χ4v) is 2.17. The minimum absolute atomic E-state index is 0.0106. The number of hydrogen-bond acceptors (Lipinski definition) is 1. The van der Waals surface area contributed by atoms with Gasteiger partial charge in [0.05, 0.1) is 5.56 Å². The van der Waals surface area contributed by atoms with Crippen molar-refractivity contribution in [3.63, 3.8) is 0 Å². The first-order valence-corrected chi connectivity index (χ1v) is 6.71. The first-order valence-electron chi connectivity index (χ1n) is 5.54. The maximum Gasteiger partial charge on any atom is 0.254 e. The molecule has 19 heavy (non-hydrogen) atoms. The van der Waals surface area contributed by atoms with Crippen LogP contribution in [-0.2, 0) is 6.54 Å². The van der Waals surface area contributed by atoms with Gasteiger partial charge in [0.15, 0.2) is 0 Å². The number of halogens is 3. The molecule has 2 aromatic rings. The third-order valence-corrected chi connectivity index (χ3v) is 3.24. The second-order valence-corrected chi connectivity index (χ2v) is 5.29. The summed E-state index contributed by atoms with van der Waals surface area (Å²) in [6.07, 6.45) is 0. The molecule has 0 aliphatic heterocycles. The quantitative estimate of drug-likeness (QED) is 0.891. The predicted octanol–water partition coefficient (Wildman–Crippen LogP) is 4.17. The van der Waals surface area contributed by atoms with E-state index in [1.165, 1.54) is 12.1 Å². The van der Waals surface area contributed by atoms with E-state index in [9.17, 15) is 9.18 Å². The number of benzene rings is 2. The Morgan fingerprint density at radius 3 is 2.79 bits per heavy atom. The van der Waals surface area contributed by atoms with E-state index in [2.05, 4.69) is 21.2 Å². The van der Waals surface area contributed by atoms with Crippen LogP contribution in [0.3, 0.4) is 0 Å². The molecule has 0 aliphatic rings. The van der Waals surface area contributed by atoms with Crippen molar-refractivity contribution < 1.29 is 9.18 Å². The largest absolute Gasteiger partial charge is 0.348 e. The number of carbonyl (C=O) groups is 1. The van der Waals surface area contributed by atoms with Crippen molar-refractivity contribution in [2.45, 2.75) is 6.54 Å². The molecule has 2 nitrogen and oxygen atoms in total. The van der Waals surface area contributed by atoms with E-state index in [4.69, 9.17) is 11.6 Å². The van der Waals surface area contributed by atoms with Crippen LogP contribution in [0.2, 0.25) is 5.02 Å². The molecule has 1 amide bonds. The molecule has 0 atom stereocenters. The van der Waals surface area contributed by atoms with E-state index in [0.29, 0.717) is 16.0 Å². The lowest BCUT2D eigenvalue weighted by Gasteiger charge is -2.07. The van der Waals surface area contributed by atoms with Crippen LogP contribution in [0.25, 0.3) is 0 Å². The van der Waals surface area contributed by atoms with Gasteiger partial charge in [-0.2, -0.15) is 0 Å². The van der Waals surface area contributed by atoms with Gasteiger partial charge in [0.1, 0.15) is 5.82 Å². The van der Waals surface area contributed by atoms with Gasteiger partial charge in [-0.25, -0.2) is 4.39 Å². The molecule has 2 aromatic carbocycles. The lowest BCUT2D eigenvalue weighted by molar-refractivity contribution is 0.0947. The zero-order chi connectivity index (χ0) is 13.8. The molecule has 2 rings (SSSR count). The van der Waals surface area contributed by atoms with Gasteiger partial charge in [0, 0.05) is 16.0 Å². The topological polar surface area (TPSA) is 29.1 Å². The van der Waals surface area contributed by atoms with Crippen molar-refractivity contribution in [2.75, 3.05) is 0 Å². The van der Waals surface area contributed by atoms with Crippen molar-refractivity contribution in [2.24, 2.45) is 0 Å². The van der Waals surface area contributed by atoms with Crippen molar-refractivity contribution in [1.29, 1.82) is 0 Å². The Labute approximate surface area is 123 Å². The van der Waals surface area contributed by atoms with Crippen LogP contribution >= 0.6 is 27.5 Å². The molecule has 0 bridgehead atoms.